The van der Waals surface area contributed by atoms with E-state index in [2.05, 4.69) is 38.2 Å². The Bertz CT molecular complexity index is 1230. The number of pyridine rings is 3. The van der Waals surface area contributed by atoms with Crippen LogP contribution >= 0.6 is 0 Å². The highest BCUT2D eigenvalue weighted by Crippen LogP contribution is 2.32. The standard InChI is InChI=1S/C24H26N6O/c1-16-20(26-9-5-7-22(31)30-10-2-3-11-30)14-28-24-23(16)18-12-19(27-15-21(18)29-24)17-6-4-8-25-13-17/h4,6,8,12-15,26H,2-3,5,7,9-11H2,1H3,(H,28,29). The summed E-state index contributed by atoms with van der Waals surface area (Å²) >= 11 is 0. The predicted molar refractivity (Wildman–Crippen MR) is 123 cm³/mol. The van der Waals surface area contributed by atoms with Crippen LogP contribution in [0.25, 0.3) is 33.2 Å². The average Bonchev–Trinajstić information content (AvgIpc) is 3.46. The van der Waals surface area contributed by atoms with Crippen LogP contribution in [-0.2, 0) is 4.79 Å². The van der Waals surface area contributed by atoms with E-state index >= 15 is 0 Å². The fourth-order valence-corrected chi connectivity index (χ4v) is 4.35. The molecule has 0 spiro atoms. The molecular weight excluding hydrogens is 388 g/mol. The number of carbonyl (C=O) groups is 1. The quantitative estimate of drug-likeness (QED) is 0.460. The molecule has 1 fully saturated rings. The highest BCUT2D eigenvalue weighted by atomic mass is 16.2. The minimum Gasteiger partial charge on any atom is -0.384 e. The monoisotopic (exact) mass is 414 g/mol. The molecule has 0 bridgehead atoms. The topological polar surface area (TPSA) is 86.8 Å². The first-order chi connectivity index (χ1) is 15.2. The number of aromatic nitrogens is 4. The molecule has 0 atom stereocenters. The lowest BCUT2D eigenvalue weighted by molar-refractivity contribution is -0.130. The smallest absolute Gasteiger partial charge is 0.222 e. The number of hydrogen-bond acceptors (Lipinski definition) is 5. The van der Waals surface area contributed by atoms with Crippen LogP contribution in [0.3, 0.4) is 0 Å². The lowest BCUT2D eigenvalue weighted by atomic mass is 10.1. The Hall–Kier alpha value is -3.48. The van der Waals surface area contributed by atoms with E-state index in [1.165, 1.54) is 0 Å². The van der Waals surface area contributed by atoms with Gasteiger partial charge in [-0.05, 0) is 49.9 Å². The summed E-state index contributed by atoms with van der Waals surface area (Å²) in [7, 11) is 0. The lowest BCUT2D eigenvalue weighted by Gasteiger charge is -2.15. The summed E-state index contributed by atoms with van der Waals surface area (Å²) in [5.74, 6) is 0.275. The van der Waals surface area contributed by atoms with Gasteiger partial charge in [0.2, 0.25) is 5.91 Å². The van der Waals surface area contributed by atoms with Crippen LogP contribution in [0, 0.1) is 6.92 Å². The van der Waals surface area contributed by atoms with E-state index in [1.54, 1.807) is 6.20 Å². The molecule has 4 aromatic heterocycles. The number of aryl methyl sites for hydroxylation is 1. The zero-order valence-corrected chi connectivity index (χ0v) is 17.7. The van der Waals surface area contributed by atoms with Gasteiger partial charge in [0.15, 0.2) is 0 Å². The lowest BCUT2D eigenvalue weighted by Crippen LogP contribution is -2.27. The summed E-state index contributed by atoms with van der Waals surface area (Å²) in [5, 5.41) is 5.68. The summed E-state index contributed by atoms with van der Waals surface area (Å²) in [6.07, 6.45) is 11.0. The van der Waals surface area contributed by atoms with Gasteiger partial charge in [0.25, 0.3) is 0 Å². The van der Waals surface area contributed by atoms with Gasteiger partial charge in [-0.3, -0.25) is 14.8 Å². The second-order valence-electron chi connectivity index (χ2n) is 8.12. The number of rotatable bonds is 6. The van der Waals surface area contributed by atoms with Gasteiger partial charge in [-0.25, -0.2) is 4.98 Å². The Balaban J connectivity index is 1.36. The molecule has 31 heavy (non-hydrogen) atoms. The van der Waals surface area contributed by atoms with Crippen LogP contribution in [0.15, 0.2) is 43.0 Å². The fraction of sp³-hybridized carbons (Fsp3) is 0.333. The molecule has 1 saturated heterocycles. The maximum atomic E-state index is 12.2. The number of anilines is 1. The van der Waals surface area contributed by atoms with E-state index in [0.717, 1.165) is 83.3 Å². The van der Waals surface area contributed by atoms with Crippen molar-refractivity contribution in [1.82, 2.24) is 24.8 Å². The van der Waals surface area contributed by atoms with Gasteiger partial charge < -0.3 is 15.2 Å². The molecule has 2 N–H and O–H groups in total. The largest absolute Gasteiger partial charge is 0.384 e. The Morgan fingerprint density at radius 2 is 2.06 bits per heavy atom. The number of H-pyrrole nitrogens is 1. The van der Waals surface area contributed by atoms with Crippen molar-refractivity contribution in [1.29, 1.82) is 0 Å². The number of likely N-dealkylation sites (tertiary alicyclic amines) is 1. The van der Waals surface area contributed by atoms with Crippen LogP contribution in [-0.4, -0.2) is 50.4 Å². The normalized spacial score (nSPS) is 13.9. The van der Waals surface area contributed by atoms with Gasteiger partial charge in [-0.1, -0.05) is 0 Å². The van der Waals surface area contributed by atoms with Crippen LogP contribution in [0.5, 0.6) is 0 Å². The van der Waals surface area contributed by atoms with Crippen molar-refractivity contribution in [2.75, 3.05) is 25.0 Å². The van der Waals surface area contributed by atoms with Crippen molar-refractivity contribution >= 4 is 33.5 Å². The molecule has 0 saturated carbocycles. The Morgan fingerprint density at radius 3 is 2.87 bits per heavy atom. The molecule has 1 aliphatic heterocycles. The second kappa shape index (κ2) is 8.34. The molecule has 7 nitrogen and oxygen atoms in total. The summed E-state index contributed by atoms with van der Waals surface area (Å²) in [6, 6.07) is 6.02. The highest BCUT2D eigenvalue weighted by molar-refractivity contribution is 6.09. The van der Waals surface area contributed by atoms with Gasteiger partial charge in [-0.15, -0.1) is 0 Å². The zero-order chi connectivity index (χ0) is 21.2. The molecule has 4 aromatic rings. The van der Waals surface area contributed by atoms with E-state index in [9.17, 15) is 4.79 Å². The first-order valence-electron chi connectivity index (χ1n) is 10.9. The summed E-state index contributed by atoms with van der Waals surface area (Å²) < 4.78 is 0. The van der Waals surface area contributed by atoms with E-state index in [4.69, 9.17) is 0 Å². The van der Waals surface area contributed by atoms with Gasteiger partial charge in [0.05, 0.1) is 29.3 Å². The first kappa shape index (κ1) is 19.5. The predicted octanol–water partition coefficient (Wildman–Crippen LogP) is 4.30. The minimum absolute atomic E-state index is 0.275. The van der Waals surface area contributed by atoms with E-state index < -0.39 is 0 Å². The number of aromatic amines is 1. The molecule has 0 radical (unpaired) electrons. The Morgan fingerprint density at radius 1 is 1.19 bits per heavy atom. The van der Waals surface area contributed by atoms with E-state index in [0.29, 0.717) is 6.42 Å². The zero-order valence-electron chi connectivity index (χ0n) is 17.7. The summed E-state index contributed by atoms with van der Waals surface area (Å²) in [5.41, 5.74) is 5.84. The summed E-state index contributed by atoms with van der Waals surface area (Å²) in [4.78, 5) is 31.0. The molecule has 158 valence electrons. The van der Waals surface area contributed by atoms with Crippen molar-refractivity contribution in [3.63, 3.8) is 0 Å². The van der Waals surface area contributed by atoms with Crippen LogP contribution < -0.4 is 5.32 Å². The maximum absolute atomic E-state index is 12.2. The van der Waals surface area contributed by atoms with Gasteiger partial charge in [-0.2, -0.15) is 0 Å². The highest BCUT2D eigenvalue weighted by Gasteiger charge is 2.17. The third kappa shape index (κ3) is 3.83. The van der Waals surface area contributed by atoms with Gasteiger partial charge in [0.1, 0.15) is 5.65 Å². The number of fused-ring (bicyclic) bond motifs is 3. The fourth-order valence-electron chi connectivity index (χ4n) is 4.35. The Kier molecular flexibility index (Phi) is 5.24. The Labute approximate surface area is 180 Å². The third-order valence-electron chi connectivity index (χ3n) is 6.06. The number of amides is 1. The van der Waals surface area contributed by atoms with Crippen molar-refractivity contribution in [2.24, 2.45) is 0 Å². The summed E-state index contributed by atoms with van der Waals surface area (Å²) in [6.45, 7) is 4.70. The van der Waals surface area contributed by atoms with Crippen molar-refractivity contribution in [3.05, 3.63) is 48.5 Å². The first-order valence-corrected chi connectivity index (χ1v) is 10.9. The molecule has 5 rings (SSSR count). The van der Waals surface area contributed by atoms with Crippen molar-refractivity contribution < 1.29 is 4.79 Å². The molecular formula is C24H26N6O. The third-order valence-corrected chi connectivity index (χ3v) is 6.06. The average molecular weight is 415 g/mol. The molecule has 7 heteroatoms. The molecule has 0 aliphatic carbocycles. The molecule has 1 aliphatic rings. The van der Waals surface area contributed by atoms with E-state index in [-0.39, 0.29) is 5.91 Å². The molecule has 0 aromatic carbocycles. The van der Waals surface area contributed by atoms with Gasteiger partial charge >= 0.3 is 0 Å². The molecule has 1 amide bonds. The molecule has 5 heterocycles. The van der Waals surface area contributed by atoms with Crippen molar-refractivity contribution in [3.8, 4) is 11.3 Å². The van der Waals surface area contributed by atoms with Crippen LogP contribution in [0.2, 0.25) is 0 Å². The van der Waals surface area contributed by atoms with E-state index in [1.807, 2.05) is 35.6 Å². The maximum Gasteiger partial charge on any atom is 0.222 e. The van der Waals surface area contributed by atoms with Gasteiger partial charge in [0, 0.05) is 54.8 Å². The van der Waals surface area contributed by atoms with Crippen LogP contribution in [0.1, 0.15) is 31.2 Å². The number of nitrogens with one attached hydrogen (secondary N) is 2. The minimum atomic E-state index is 0.275. The number of hydrogen-bond donors (Lipinski definition) is 2. The number of carbonyl (C=O) groups excluding carboxylic acids is 1. The van der Waals surface area contributed by atoms with Crippen LogP contribution in [0.4, 0.5) is 5.69 Å². The molecule has 0 unspecified atom stereocenters. The SMILES string of the molecule is Cc1c(NCCCC(=O)N2CCCC2)cnc2[nH]c3cnc(-c4cccnc4)cc3c12. The van der Waals surface area contributed by atoms with Crippen molar-refractivity contribution in [2.45, 2.75) is 32.6 Å². The second-order valence-corrected chi connectivity index (χ2v) is 8.12. The number of nitrogens with zero attached hydrogens (tertiary/aromatic N) is 4.